The first kappa shape index (κ1) is 13.9. The van der Waals surface area contributed by atoms with E-state index in [2.05, 4.69) is 35.6 Å². The molecule has 0 aliphatic carbocycles. The Morgan fingerprint density at radius 3 is 2.80 bits per heavy atom. The van der Waals surface area contributed by atoms with Gasteiger partial charge >= 0.3 is 0 Å². The quantitative estimate of drug-likeness (QED) is 0.814. The molecule has 4 heteroatoms. The predicted molar refractivity (Wildman–Crippen MR) is 85.8 cm³/mol. The van der Waals surface area contributed by atoms with E-state index >= 15 is 0 Å². The third-order valence-corrected chi connectivity index (χ3v) is 4.73. The summed E-state index contributed by atoms with van der Waals surface area (Å²) in [5.41, 5.74) is 3.52. The summed E-state index contributed by atoms with van der Waals surface area (Å²) in [5, 5.41) is 5.01. The maximum absolute atomic E-state index is 6.27. The number of likely N-dealkylation sites (N-methyl/N-ethyl adjacent to an activating group) is 1. The molecule has 0 amide bonds. The molecule has 0 radical (unpaired) electrons. The van der Waals surface area contributed by atoms with Crippen molar-refractivity contribution in [3.8, 4) is 16.9 Å². The highest BCUT2D eigenvalue weighted by Crippen LogP contribution is 2.42. The van der Waals surface area contributed by atoms with Crippen LogP contribution in [0.5, 0.6) is 5.75 Å². The Morgan fingerprint density at radius 2 is 2.15 bits per heavy atom. The van der Waals surface area contributed by atoms with Gasteiger partial charge in [0.25, 0.3) is 0 Å². The van der Waals surface area contributed by atoms with E-state index in [9.17, 15) is 0 Å². The van der Waals surface area contributed by atoms with Crippen molar-refractivity contribution >= 4 is 22.9 Å². The first-order valence-electron chi connectivity index (χ1n) is 6.98. The van der Waals surface area contributed by atoms with E-state index in [4.69, 9.17) is 16.3 Å². The minimum Gasteiger partial charge on any atom is -0.474 e. The van der Waals surface area contributed by atoms with Crippen LogP contribution in [0.25, 0.3) is 11.1 Å². The molecule has 106 valence electrons. The maximum Gasteiger partial charge on any atom is 0.156 e. The van der Waals surface area contributed by atoms with Gasteiger partial charge in [0.2, 0.25) is 0 Å². The Hall–Kier alpha value is -1.03. The Balaban J connectivity index is 1.99. The van der Waals surface area contributed by atoms with Gasteiger partial charge in [-0.3, -0.25) is 4.90 Å². The van der Waals surface area contributed by atoms with Crippen LogP contribution in [-0.4, -0.2) is 24.2 Å². The van der Waals surface area contributed by atoms with E-state index in [1.54, 1.807) is 11.3 Å². The summed E-state index contributed by atoms with van der Waals surface area (Å²) >= 11 is 7.97. The van der Waals surface area contributed by atoms with E-state index in [0.717, 1.165) is 35.8 Å². The third-order valence-electron chi connectivity index (χ3n) is 3.83. The van der Waals surface area contributed by atoms with Gasteiger partial charge in [-0.2, -0.15) is 11.3 Å². The van der Waals surface area contributed by atoms with Gasteiger partial charge in [-0.05, 0) is 47.6 Å². The summed E-state index contributed by atoms with van der Waals surface area (Å²) in [4.78, 5) is 2.34. The first-order chi connectivity index (χ1) is 9.72. The summed E-state index contributed by atoms with van der Waals surface area (Å²) in [7, 11) is 0. The fourth-order valence-electron chi connectivity index (χ4n) is 2.77. The lowest BCUT2D eigenvalue weighted by Gasteiger charge is -2.25. The number of ether oxygens (including phenoxy) is 1. The van der Waals surface area contributed by atoms with E-state index < -0.39 is 0 Å². The standard InChI is InChI=1S/C16H18ClNOS/c1-3-18(4-2)15-8-12-7-13(17)9-14(16(12)19-15)11-5-6-20-10-11/h5-7,9-10,15H,3-4,8H2,1-2H3. The average Bonchev–Trinajstić information content (AvgIpc) is 3.07. The van der Waals surface area contributed by atoms with E-state index in [-0.39, 0.29) is 6.23 Å². The first-order valence-corrected chi connectivity index (χ1v) is 8.30. The molecular weight excluding hydrogens is 290 g/mol. The van der Waals surface area contributed by atoms with Gasteiger partial charge < -0.3 is 4.74 Å². The van der Waals surface area contributed by atoms with Crippen molar-refractivity contribution in [1.29, 1.82) is 0 Å². The van der Waals surface area contributed by atoms with Crippen molar-refractivity contribution in [2.45, 2.75) is 26.5 Å². The van der Waals surface area contributed by atoms with Crippen molar-refractivity contribution in [3.63, 3.8) is 0 Å². The molecule has 2 heterocycles. The number of halogens is 1. The molecule has 3 rings (SSSR count). The van der Waals surface area contributed by atoms with Crippen molar-refractivity contribution in [1.82, 2.24) is 4.90 Å². The van der Waals surface area contributed by atoms with Crippen LogP contribution in [0, 0.1) is 0 Å². The lowest BCUT2D eigenvalue weighted by Crippen LogP contribution is -2.38. The maximum atomic E-state index is 6.27. The Morgan fingerprint density at radius 1 is 1.35 bits per heavy atom. The molecule has 0 saturated carbocycles. The van der Waals surface area contributed by atoms with E-state index in [1.807, 2.05) is 12.1 Å². The molecule has 1 atom stereocenters. The predicted octanol–water partition coefficient (Wildman–Crippen LogP) is 4.67. The number of rotatable bonds is 4. The number of hydrogen-bond acceptors (Lipinski definition) is 3. The second-order valence-corrected chi connectivity index (χ2v) is 6.17. The summed E-state index contributed by atoms with van der Waals surface area (Å²) < 4.78 is 6.23. The molecule has 1 aliphatic rings. The van der Waals surface area contributed by atoms with Gasteiger partial charge in [0.05, 0.1) is 0 Å². The van der Waals surface area contributed by atoms with Crippen LogP contribution in [0.2, 0.25) is 5.02 Å². The molecule has 0 saturated heterocycles. The summed E-state index contributed by atoms with van der Waals surface area (Å²) in [5.74, 6) is 1.00. The highest BCUT2D eigenvalue weighted by Gasteiger charge is 2.29. The molecule has 1 unspecified atom stereocenters. The topological polar surface area (TPSA) is 12.5 Å². The van der Waals surface area contributed by atoms with Gasteiger partial charge in [-0.15, -0.1) is 0 Å². The molecule has 0 bridgehead atoms. The van der Waals surface area contributed by atoms with Gasteiger partial charge in [-0.25, -0.2) is 0 Å². The normalized spacial score (nSPS) is 17.3. The Labute approximate surface area is 128 Å². The largest absolute Gasteiger partial charge is 0.474 e. The summed E-state index contributed by atoms with van der Waals surface area (Å²) in [6.45, 7) is 6.33. The number of fused-ring (bicyclic) bond motifs is 1. The van der Waals surface area contributed by atoms with Crippen LogP contribution >= 0.6 is 22.9 Å². The van der Waals surface area contributed by atoms with E-state index in [1.165, 1.54) is 11.1 Å². The number of nitrogens with zero attached hydrogens (tertiary/aromatic N) is 1. The van der Waals surface area contributed by atoms with E-state index in [0.29, 0.717) is 0 Å². The van der Waals surface area contributed by atoms with Crippen LogP contribution in [0.1, 0.15) is 19.4 Å². The zero-order valence-electron chi connectivity index (χ0n) is 11.7. The number of benzene rings is 1. The Bertz CT molecular complexity index is 593. The molecule has 1 aliphatic heterocycles. The molecule has 2 aromatic rings. The highest BCUT2D eigenvalue weighted by atomic mass is 35.5. The van der Waals surface area contributed by atoms with Gasteiger partial charge in [0.1, 0.15) is 5.75 Å². The number of hydrogen-bond donors (Lipinski definition) is 0. The lowest BCUT2D eigenvalue weighted by molar-refractivity contribution is 0.0518. The highest BCUT2D eigenvalue weighted by molar-refractivity contribution is 7.08. The summed E-state index contributed by atoms with van der Waals surface area (Å²) in [6.07, 6.45) is 1.05. The zero-order chi connectivity index (χ0) is 14.1. The van der Waals surface area contributed by atoms with Crippen LogP contribution in [0.4, 0.5) is 0 Å². The SMILES string of the molecule is CCN(CC)C1Cc2cc(Cl)cc(-c3ccsc3)c2O1. The molecule has 0 fully saturated rings. The molecular formula is C16H18ClNOS. The fraction of sp³-hybridized carbons (Fsp3) is 0.375. The minimum absolute atomic E-state index is 0.135. The second kappa shape index (κ2) is 5.76. The Kier molecular flexibility index (Phi) is 4.01. The number of thiophene rings is 1. The molecule has 1 aromatic carbocycles. The third kappa shape index (κ3) is 2.46. The molecule has 2 nitrogen and oxygen atoms in total. The van der Waals surface area contributed by atoms with Gasteiger partial charge in [-0.1, -0.05) is 25.4 Å². The van der Waals surface area contributed by atoms with Crippen molar-refractivity contribution in [2.75, 3.05) is 13.1 Å². The summed E-state index contributed by atoms with van der Waals surface area (Å²) in [6, 6.07) is 6.16. The molecule has 20 heavy (non-hydrogen) atoms. The average molecular weight is 308 g/mol. The van der Waals surface area contributed by atoms with Gasteiger partial charge in [0.15, 0.2) is 6.23 Å². The van der Waals surface area contributed by atoms with Crippen LogP contribution in [-0.2, 0) is 6.42 Å². The van der Waals surface area contributed by atoms with Crippen LogP contribution < -0.4 is 4.74 Å². The lowest BCUT2D eigenvalue weighted by atomic mass is 10.0. The van der Waals surface area contributed by atoms with Gasteiger partial charge in [0, 0.05) is 22.6 Å². The van der Waals surface area contributed by atoms with Crippen LogP contribution in [0.3, 0.4) is 0 Å². The second-order valence-electron chi connectivity index (χ2n) is 4.95. The van der Waals surface area contributed by atoms with Crippen LogP contribution in [0.15, 0.2) is 29.0 Å². The molecule has 1 aromatic heterocycles. The minimum atomic E-state index is 0.135. The molecule has 0 spiro atoms. The fourth-order valence-corrected chi connectivity index (χ4v) is 3.67. The van der Waals surface area contributed by atoms with Crippen molar-refractivity contribution < 1.29 is 4.74 Å². The monoisotopic (exact) mass is 307 g/mol. The molecule has 0 N–H and O–H groups in total. The zero-order valence-corrected chi connectivity index (χ0v) is 13.3. The van der Waals surface area contributed by atoms with Crippen molar-refractivity contribution in [3.05, 3.63) is 39.5 Å². The smallest absolute Gasteiger partial charge is 0.156 e. The van der Waals surface area contributed by atoms with Crippen molar-refractivity contribution in [2.24, 2.45) is 0 Å².